The lowest BCUT2D eigenvalue weighted by Crippen LogP contribution is -2.25. The van der Waals surface area contributed by atoms with E-state index in [0.717, 1.165) is 10.4 Å². The van der Waals surface area contributed by atoms with Gasteiger partial charge in [0.2, 0.25) is 16.8 Å². The molecule has 0 bridgehead atoms. The Morgan fingerprint density at radius 2 is 2.15 bits per heavy atom. The Bertz CT molecular complexity index is 1060. The summed E-state index contributed by atoms with van der Waals surface area (Å²) in [6.45, 7) is 3.85. The smallest absolute Gasteiger partial charge is 0.277 e. The van der Waals surface area contributed by atoms with Crippen LogP contribution >= 0.6 is 11.3 Å². The van der Waals surface area contributed by atoms with E-state index in [1.165, 1.54) is 40.0 Å². The number of fused-ring (bicyclic) bond motifs is 1. The van der Waals surface area contributed by atoms with Gasteiger partial charge in [-0.2, -0.15) is 4.31 Å². The number of carbonyl (C=O) groups excluding carboxylic acids is 1. The highest BCUT2D eigenvalue weighted by Gasteiger charge is 2.34. The summed E-state index contributed by atoms with van der Waals surface area (Å²) in [5.41, 5.74) is 0.861. The van der Waals surface area contributed by atoms with Gasteiger partial charge in [-0.3, -0.25) is 4.79 Å². The van der Waals surface area contributed by atoms with E-state index < -0.39 is 10.0 Å². The molecule has 3 aromatic rings. The number of rotatable bonds is 5. The van der Waals surface area contributed by atoms with E-state index in [-0.39, 0.29) is 24.1 Å². The molecule has 4 rings (SSSR count). The van der Waals surface area contributed by atoms with Gasteiger partial charge in [-0.15, -0.1) is 11.3 Å². The Kier molecular flexibility index (Phi) is 4.02. The van der Waals surface area contributed by atoms with E-state index in [1.807, 2.05) is 0 Å². The van der Waals surface area contributed by atoms with Gasteiger partial charge in [-0.1, -0.05) is 11.7 Å². The maximum Gasteiger partial charge on any atom is 0.277 e. The summed E-state index contributed by atoms with van der Waals surface area (Å²) in [5.74, 6) is 0.351. The van der Waals surface area contributed by atoms with Crippen molar-refractivity contribution in [1.82, 2.24) is 9.46 Å². The quantitative estimate of drug-likeness (QED) is 0.671. The first-order valence-corrected chi connectivity index (χ1v) is 9.79. The monoisotopic (exact) mass is 391 g/mol. The molecule has 1 aliphatic rings. The molecular formula is C16H13N3O5S2. The minimum atomic E-state index is -3.78. The van der Waals surface area contributed by atoms with E-state index in [2.05, 4.69) is 17.1 Å². The second-order valence-electron chi connectivity index (χ2n) is 5.52. The van der Waals surface area contributed by atoms with Crippen molar-refractivity contribution < 1.29 is 22.2 Å². The normalized spacial score (nSPS) is 14.3. The fourth-order valence-corrected chi connectivity index (χ4v) is 5.08. The molecule has 0 saturated carbocycles. The van der Waals surface area contributed by atoms with Crippen molar-refractivity contribution in [2.24, 2.45) is 0 Å². The standard InChI is InChI=1S/C16H13N3O5S2/c1-2-14(20)18-15-7-10-8-19(9-13(10)25-15)26(21,22)16-4-3-11(23-16)12-5-6-17-24-12/h2-7H,1,8-9H2,(H,18,20). The lowest BCUT2D eigenvalue weighted by Gasteiger charge is -2.13. The second kappa shape index (κ2) is 6.24. The van der Waals surface area contributed by atoms with Crippen LogP contribution < -0.4 is 5.32 Å². The molecule has 0 atom stereocenters. The summed E-state index contributed by atoms with van der Waals surface area (Å²) in [5, 5.41) is 6.77. The average Bonchev–Trinajstić information content (AvgIpc) is 3.35. The predicted octanol–water partition coefficient (Wildman–Crippen LogP) is 2.83. The number of nitrogens with one attached hydrogen (secondary N) is 1. The highest BCUT2D eigenvalue weighted by molar-refractivity contribution is 7.89. The van der Waals surface area contributed by atoms with Crippen LogP contribution in [0.3, 0.4) is 0 Å². The van der Waals surface area contributed by atoms with Crippen LogP contribution in [-0.4, -0.2) is 23.8 Å². The Hall–Kier alpha value is -2.69. The van der Waals surface area contributed by atoms with Crippen LogP contribution in [0.1, 0.15) is 10.4 Å². The van der Waals surface area contributed by atoms with Crippen molar-refractivity contribution >= 4 is 32.3 Å². The molecule has 1 aliphatic heterocycles. The van der Waals surface area contributed by atoms with E-state index >= 15 is 0 Å². The fourth-order valence-electron chi connectivity index (χ4n) is 2.61. The van der Waals surface area contributed by atoms with Crippen molar-refractivity contribution in [2.75, 3.05) is 5.32 Å². The van der Waals surface area contributed by atoms with Crippen LogP contribution in [0.15, 0.2) is 57.1 Å². The Labute approximate surface area is 152 Å². The number of thiophene rings is 1. The van der Waals surface area contributed by atoms with Crippen molar-refractivity contribution in [2.45, 2.75) is 18.2 Å². The number of amides is 1. The van der Waals surface area contributed by atoms with Crippen LogP contribution in [0, 0.1) is 0 Å². The first-order chi connectivity index (χ1) is 12.5. The minimum absolute atomic E-state index is 0.153. The molecule has 0 fully saturated rings. The summed E-state index contributed by atoms with van der Waals surface area (Å²) in [6.07, 6.45) is 2.64. The van der Waals surface area contributed by atoms with Gasteiger partial charge >= 0.3 is 0 Å². The topological polar surface area (TPSA) is 106 Å². The van der Waals surface area contributed by atoms with E-state index in [1.54, 1.807) is 12.1 Å². The van der Waals surface area contributed by atoms with E-state index in [0.29, 0.717) is 16.5 Å². The van der Waals surface area contributed by atoms with Crippen molar-refractivity contribution in [3.05, 3.63) is 53.6 Å². The first-order valence-electron chi connectivity index (χ1n) is 7.53. The number of carbonyl (C=O) groups is 1. The van der Waals surface area contributed by atoms with Gasteiger partial charge in [-0.25, -0.2) is 8.42 Å². The molecule has 0 spiro atoms. The third kappa shape index (κ3) is 2.87. The molecule has 0 radical (unpaired) electrons. The van der Waals surface area contributed by atoms with Crippen LogP contribution in [0.5, 0.6) is 0 Å². The lowest BCUT2D eigenvalue weighted by atomic mass is 10.3. The summed E-state index contributed by atoms with van der Waals surface area (Å²) in [6, 6.07) is 6.29. The molecule has 1 amide bonds. The highest BCUT2D eigenvalue weighted by Crippen LogP contribution is 2.37. The minimum Gasteiger partial charge on any atom is -0.440 e. The lowest BCUT2D eigenvalue weighted by molar-refractivity contribution is -0.111. The Morgan fingerprint density at radius 1 is 1.31 bits per heavy atom. The first kappa shape index (κ1) is 16.8. The molecule has 0 saturated heterocycles. The summed E-state index contributed by atoms with van der Waals surface area (Å²) >= 11 is 1.34. The van der Waals surface area contributed by atoms with Gasteiger partial charge in [0.15, 0.2) is 5.76 Å². The summed E-state index contributed by atoms with van der Waals surface area (Å²) < 4.78 is 37.3. The number of hydrogen-bond donors (Lipinski definition) is 1. The average molecular weight is 391 g/mol. The molecule has 0 aliphatic carbocycles. The molecule has 26 heavy (non-hydrogen) atoms. The van der Waals surface area contributed by atoms with Gasteiger partial charge in [-0.05, 0) is 29.8 Å². The molecule has 8 nitrogen and oxygen atoms in total. The molecule has 4 heterocycles. The molecular weight excluding hydrogens is 378 g/mol. The number of sulfonamides is 1. The van der Waals surface area contributed by atoms with Crippen LogP contribution in [0.25, 0.3) is 11.5 Å². The molecule has 0 aromatic carbocycles. The predicted molar refractivity (Wildman–Crippen MR) is 93.8 cm³/mol. The Morgan fingerprint density at radius 3 is 2.85 bits per heavy atom. The van der Waals surface area contributed by atoms with Gasteiger partial charge in [0.25, 0.3) is 10.0 Å². The summed E-state index contributed by atoms with van der Waals surface area (Å²) in [4.78, 5) is 12.2. The number of aromatic nitrogens is 1. The molecule has 134 valence electrons. The van der Waals surface area contributed by atoms with Gasteiger partial charge in [0.1, 0.15) is 0 Å². The van der Waals surface area contributed by atoms with Crippen molar-refractivity contribution in [3.8, 4) is 11.5 Å². The highest BCUT2D eigenvalue weighted by atomic mass is 32.2. The van der Waals surface area contributed by atoms with Gasteiger partial charge in [0, 0.05) is 24.0 Å². The number of hydrogen-bond acceptors (Lipinski definition) is 7. The maximum atomic E-state index is 12.8. The third-order valence-electron chi connectivity index (χ3n) is 3.85. The zero-order valence-corrected chi connectivity index (χ0v) is 15.0. The molecule has 3 aromatic heterocycles. The number of furan rings is 1. The van der Waals surface area contributed by atoms with Crippen LogP contribution in [-0.2, 0) is 27.9 Å². The largest absolute Gasteiger partial charge is 0.440 e. The third-order valence-corrected chi connectivity index (χ3v) is 6.59. The van der Waals surface area contributed by atoms with Crippen molar-refractivity contribution in [3.63, 3.8) is 0 Å². The second-order valence-corrected chi connectivity index (χ2v) is 8.53. The number of nitrogens with zero attached hydrogens (tertiary/aromatic N) is 2. The number of anilines is 1. The van der Waals surface area contributed by atoms with Gasteiger partial charge in [0.05, 0.1) is 11.2 Å². The SMILES string of the molecule is C=CC(=O)Nc1cc2c(s1)CN(S(=O)(=O)c1ccc(-c3ccno3)o1)C2. The molecule has 1 N–H and O–H groups in total. The molecule has 0 unspecified atom stereocenters. The van der Waals surface area contributed by atoms with E-state index in [9.17, 15) is 13.2 Å². The molecule has 10 heteroatoms. The zero-order valence-electron chi connectivity index (χ0n) is 13.3. The Balaban J connectivity index is 1.53. The fraction of sp³-hybridized carbons (Fsp3) is 0.125. The maximum absolute atomic E-state index is 12.8. The van der Waals surface area contributed by atoms with Crippen LogP contribution in [0.4, 0.5) is 5.00 Å². The van der Waals surface area contributed by atoms with E-state index in [4.69, 9.17) is 8.94 Å². The van der Waals surface area contributed by atoms with Gasteiger partial charge < -0.3 is 14.3 Å². The van der Waals surface area contributed by atoms with Crippen LogP contribution in [0.2, 0.25) is 0 Å². The zero-order chi connectivity index (χ0) is 18.3. The summed E-state index contributed by atoms with van der Waals surface area (Å²) in [7, 11) is -3.78. The van der Waals surface area contributed by atoms with Crippen molar-refractivity contribution in [1.29, 1.82) is 0 Å².